The first-order valence-corrected chi connectivity index (χ1v) is 6.65. The molecule has 0 spiro atoms. The summed E-state index contributed by atoms with van der Waals surface area (Å²) < 4.78 is 26.2. The Morgan fingerprint density at radius 2 is 2.05 bits per heavy atom. The third-order valence-electron chi connectivity index (χ3n) is 3.14. The van der Waals surface area contributed by atoms with Gasteiger partial charge in [-0.3, -0.25) is 4.79 Å². The zero-order valence-electron chi connectivity index (χ0n) is 11.9. The van der Waals surface area contributed by atoms with E-state index in [4.69, 9.17) is 5.11 Å². The molecular weight excluding hydrogens is 264 g/mol. The Labute approximate surface area is 118 Å². The van der Waals surface area contributed by atoms with E-state index in [1.165, 1.54) is 6.07 Å². The Morgan fingerprint density at radius 3 is 2.65 bits per heavy atom. The number of rotatable bonds is 7. The average molecular weight is 285 g/mol. The summed E-state index contributed by atoms with van der Waals surface area (Å²) in [5, 5.41) is 11.5. The van der Waals surface area contributed by atoms with Crippen LogP contribution in [0.25, 0.3) is 0 Å². The van der Waals surface area contributed by atoms with Crippen LogP contribution in [-0.2, 0) is 11.2 Å². The quantitative estimate of drug-likeness (QED) is 0.808. The van der Waals surface area contributed by atoms with Gasteiger partial charge in [0, 0.05) is 19.2 Å². The highest BCUT2D eigenvalue weighted by molar-refractivity contribution is 5.78. The van der Waals surface area contributed by atoms with Gasteiger partial charge >= 0.3 is 0 Å². The second kappa shape index (κ2) is 7.33. The SMILES string of the molecule is CC(C)(CCCO)CNC(=O)Cc1ccc(F)cc1F. The molecule has 0 bridgehead atoms. The zero-order valence-corrected chi connectivity index (χ0v) is 11.9. The summed E-state index contributed by atoms with van der Waals surface area (Å²) in [6, 6.07) is 3.19. The molecule has 112 valence electrons. The number of halogens is 2. The molecule has 0 aromatic heterocycles. The second-order valence-corrected chi connectivity index (χ2v) is 5.68. The van der Waals surface area contributed by atoms with Crippen LogP contribution in [0.15, 0.2) is 18.2 Å². The first-order chi connectivity index (χ1) is 9.34. The standard InChI is InChI=1S/C15H21F2NO2/c1-15(2,6-3-7-19)10-18-14(20)8-11-4-5-12(16)9-13(11)17/h4-5,9,19H,3,6-8,10H2,1-2H3,(H,18,20). The number of aliphatic hydroxyl groups excluding tert-OH is 1. The minimum Gasteiger partial charge on any atom is -0.396 e. The molecule has 0 aliphatic carbocycles. The van der Waals surface area contributed by atoms with E-state index in [1.807, 2.05) is 13.8 Å². The average Bonchev–Trinajstić information content (AvgIpc) is 2.38. The number of amides is 1. The molecule has 1 rings (SSSR count). The molecule has 1 amide bonds. The van der Waals surface area contributed by atoms with Gasteiger partial charge in [-0.1, -0.05) is 19.9 Å². The van der Waals surface area contributed by atoms with Crippen LogP contribution < -0.4 is 5.32 Å². The van der Waals surface area contributed by atoms with Gasteiger partial charge in [-0.2, -0.15) is 0 Å². The maximum atomic E-state index is 13.4. The van der Waals surface area contributed by atoms with Gasteiger partial charge in [-0.05, 0) is 29.9 Å². The molecule has 0 aliphatic rings. The van der Waals surface area contributed by atoms with Gasteiger partial charge < -0.3 is 10.4 Å². The van der Waals surface area contributed by atoms with Gasteiger partial charge in [0.05, 0.1) is 6.42 Å². The van der Waals surface area contributed by atoms with E-state index in [0.29, 0.717) is 13.0 Å². The first kappa shape index (κ1) is 16.6. The molecule has 0 unspecified atom stereocenters. The lowest BCUT2D eigenvalue weighted by Crippen LogP contribution is -2.35. The molecule has 0 atom stereocenters. The van der Waals surface area contributed by atoms with Crippen LogP contribution in [0.4, 0.5) is 8.78 Å². The summed E-state index contributed by atoms with van der Waals surface area (Å²) in [7, 11) is 0. The van der Waals surface area contributed by atoms with E-state index < -0.39 is 11.6 Å². The number of benzene rings is 1. The number of hydrogen-bond acceptors (Lipinski definition) is 2. The Kier molecular flexibility index (Phi) is 6.07. The number of hydrogen-bond donors (Lipinski definition) is 2. The summed E-state index contributed by atoms with van der Waals surface area (Å²) in [5.74, 6) is -1.66. The predicted molar refractivity (Wildman–Crippen MR) is 73.2 cm³/mol. The van der Waals surface area contributed by atoms with Crippen molar-refractivity contribution in [3.63, 3.8) is 0 Å². The largest absolute Gasteiger partial charge is 0.396 e. The smallest absolute Gasteiger partial charge is 0.224 e. The number of nitrogens with one attached hydrogen (secondary N) is 1. The van der Waals surface area contributed by atoms with E-state index in [-0.39, 0.29) is 29.9 Å². The molecule has 0 aliphatic heterocycles. The van der Waals surface area contributed by atoms with Crippen molar-refractivity contribution >= 4 is 5.91 Å². The highest BCUT2D eigenvalue weighted by Gasteiger charge is 2.18. The molecule has 1 aromatic rings. The minimum absolute atomic E-state index is 0.109. The van der Waals surface area contributed by atoms with Crippen LogP contribution in [0.1, 0.15) is 32.3 Å². The van der Waals surface area contributed by atoms with Crippen molar-refractivity contribution in [2.24, 2.45) is 5.41 Å². The fraction of sp³-hybridized carbons (Fsp3) is 0.533. The van der Waals surface area contributed by atoms with Gasteiger partial charge in [0.2, 0.25) is 5.91 Å². The molecular formula is C15H21F2NO2. The number of carbonyl (C=O) groups is 1. The van der Waals surface area contributed by atoms with Gasteiger partial charge in [0.25, 0.3) is 0 Å². The van der Waals surface area contributed by atoms with Gasteiger partial charge in [0.15, 0.2) is 0 Å². The Morgan fingerprint density at radius 1 is 1.35 bits per heavy atom. The van der Waals surface area contributed by atoms with Crippen molar-refractivity contribution in [3.05, 3.63) is 35.4 Å². The Balaban J connectivity index is 2.47. The molecule has 0 saturated heterocycles. The van der Waals surface area contributed by atoms with Gasteiger partial charge in [0.1, 0.15) is 11.6 Å². The summed E-state index contributed by atoms with van der Waals surface area (Å²) in [4.78, 5) is 11.7. The number of aliphatic hydroxyl groups is 1. The van der Waals surface area contributed by atoms with Crippen LogP contribution in [0, 0.1) is 17.0 Å². The molecule has 3 nitrogen and oxygen atoms in total. The maximum absolute atomic E-state index is 13.4. The number of carbonyl (C=O) groups excluding carboxylic acids is 1. The maximum Gasteiger partial charge on any atom is 0.224 e. The topological polar surface area (TPSA) is 49.3 Å². The minimum atomic E-state index is -0.709. The summed E-state index contributed by atoms with van der Waals surface area (Å²) in [6.07, 6.45) is 1.35. The third-order valence-corrected chi connectivity index (χ3v) is 3.14. The van der Waals surface area contributed by atoms with E-state index >= 15 is 0 Å². The van der Waals surface area contributed by atoms with Crippen molar-refractivity contribution < 1.29 is 18.7 Å². The van der Waals surface area contributed by atoms with Crippen molar-refractivity contribution in [3.8, 4) is 0 Å². The second-order valence-electron chi connectivity index (χ2n) is 5.68. The molecule has 0 radical (unpaired) electrons. The summed E-state index contributed by atoms with van der Waals surface area (Å²) in [6.45, 7) is 4.55. The van der Waals surface area contributed by atoms with Crippen LogP contribution in [0.5, 0.6) is 0 Å². The summed E-state index contributed by atoms with van der Waals surface area (Å²) >= 11 is 0. The van der Waals surface area contributed by atoms with E-state index in [2.05, 4.69) is 5.32 Å². The van der Waals surface area contributed by atoms with Crippen molar-refractivity contribution in [2.45, 2.75) is 33.1 Å². The first-order valence-electron chi connectivity index (χ1n) is 6.65. The van der Waals surface area contributed by atoms with Crippen LogP contribution >= 0.6 is 0 Å². The lowest BCUT2D eigenvalue weighted by atomic mass is 9.88. The van der Waals surface area contributed by atoms with Crippen LogP contribution in [0.2, 0.25) is 0 Å². The molecule has 0 saturated carbocycles. The lowest BCUT2D eigenvalue weighted by Gasteiger charge is -2.24. The van der Waals surface area contributed by atoms with Gasteiger partial charge in [-0.25, -0.2) is 8.78 Å². The van der Waals surface area contributed by atoms with E-state index in [1.54, 1.807) is 0 Å². The highest BCUT2D eigenvalue weighted by atomic mass is 19.1. The van der Waals surface area contributed by atoms with Crippen molar-refractivity contribution in [1.29, 1.82) is 0 Å². The lowest BCUT2D eigenvalue weighted by molar-refractivity contribution is -0.120. The van der Waals surface area contributed by atoms with E-state index in [0.717, 1.165) is 18.6 Å². The normalized spacial score (nSPS) is 11.4. The molecule has 0 heterocycles. The van der Waals surface area contributed by atoms with Crippen LogP contribution in [-0.4, -0.2) is 24.2 Å². The fourth-order valence-electron chi connectivity index (χ4n) is 1.88. The van der Waals surface area contributed by atoms with E-state index in [9.17, 15) is 13.6 Å². The fourth-order valence-corrected chi connectivity index (χ4v) is 1.88. The molecule has 5 heteroatoms. The molecule has 2 N–H and O–H groups in total. The molecule has 1 aromatic carbocycles. The molecule has 0 fully saturated rings. The van der Waals surface area contributed by atoms with Crippen molar-refractivity contribution in [1.82, 2.24) is 5.32 Å². The molecule has 20 heavy (non-hydrogen) atoms. The highest BCUT2D eigenvalue weighted by Crippen LogP contribution is 2.20. The Hall–Kier alpha value is -1.49. The predicted octanol–water partition coefficient (Wildman–Crippen LogP) is 2.42. The van der Waals surface area contributed by atoms with Gasteiger partial charge in [-0.15, -0.1) is 0 Å². The van der Waals surface area contributed by atoms with Crippen LogP contribution in [0.3, 0.4) is 0 Å². The monoisotopic (exact) mass is 285 g/mol. The Bertz CT molecular complexity index is 461. The summed E-state index contributed by atoms with van der Waals surface area (Å²) in [5.41, 5.74) is 0.0526. The third kappa shape index (κ3) is 5.65. The van der Waals surface area contributed by atoms with Crippen molar-refractivity contribution in [2.75, 3.05) is 13.2 Å². The zero-order chi connectivity index (χ0) is 15.2.